The quantitative estimate of drug-likeness (QED) is 0.790. The number of piperidine rings is 1. The molecule has 3 nitrogen and oxygen atoms in total. The Kier molecular flexibility index (Phi) is 5.39. The van der Waals surface area contributed by atoms with Crippen LogP contribution in [0.3, 0.4) is 0 Å². The minimum atomic E-state index is 0.722. The van der Waals surface area contributed by atoms with Crippen molar-refractivity contribution in [2.24, 2.45) is 0 Å². The number of unbranched alkanes of at least 4 members (excludes halogenated alkanes) is 1. The lowest BCUT2D eigenvalue weighted by molar-refractivity contribution is 0.436. The lowest BCUT2D eigenvalue weighted by Crippen LogP contribution is -2.27. The third-order valence-electron chi connectivity index (χ3n) is 3.50. The van der Waals surface area contributed by atoms with Crippen LogP contribution in [-0.4, -0.2) is 34.6 Å². The van der Waals surface area contributed by atoms with E-state index in [1.165, 1.54) is 37.1 Å². The average molecular weight is 253 g/mol. The zero-order valence-electron chi connectivity index (χ0n) is 10.7. The van der Waals surface area contributed by atoms with Crippen LogP contribution in [-0.2, 0) is 6.54 Å². The summed E-state index contributed by atoms with van der Waals surface area (Å²) in [6, 6.07) is 0. The summed E-state index contributed by atoms with van der Waals surface area (Å²) in [5.41, 5.74) is 1.45. The molecule has 0 bridgehead atoms. The van der Waals surface area contributed by atoms with Gasteiger partial charge in [-0.15, -0.1) is 0 Å². The molecule has 4 heteroatoms. The van der Waals surface area contributed by atoms with Crippen molar-refractivity contribution in [3.63, 3.8) is 0 Å². The first kappa shape index (κ1) is 13.0. The van der Waals surface area contributed by atoms with Gasteiger partial charge in [-0.3, -0.25) is 0 Å². The Labute approximate surface area is 108 Å². The van der Waals surface area contributed by atoms with E-state index >= 15 is 0 Å². The fraction of sp³-hybridized carbons (Fsp3) is 0.769. The maximum atomic E-state index is 4.33. The summed E-state index contributed by atoms with van der Waals surface area (Å²) in [6.07, 6.45) is 11.4. The first-order chi connectivity index (χ1) is 8.42. The van der Waals surface area contributed by atoms with Crippen LogP contribution in [0.4, 0.5) is 0 Å². The number of nitrogens with one attached hydrogen (secondary N) is 1. The smallest absolute Gasteiger partial charge is 0.0948 e. The number of nitrogens with zero attached hydrogens (tertiary/aromatic N) is 2. The third-order valence-corrected chi connectivity index (χ3v) is 4.20. The summed E-state index contributed by atoms with van der Waals surface area (Å²) in [5.74, 6) is 2.00. The van der Waals surface area contributed by atoms with Crippen molar-refractivity contribution in [2.45, 2.75) is 38.1 Å². The molecular weight excluding hydrogens is 230 g/mol. The average Bonchev–Trinajstić information content (AvgIpc) is 2.84. The van der Waals surface area contributed by atoms with E-state index in [4.69, 9.17) is 0 Å². The molecule has 2 heterocycles. The van der Waals surface area contributed by atoms with Crippen LogP contribution in [0, 0.1) is 0 Å². The van der Waals surface area contributed by atoms with E-state index in [9.17, 15) is 0 Å². The number of thioether (sulfide) groups is 1. The van der Waals surface area contributed by atoms with Crippen molar-refractivity contribution in [3.8, 4) is 0 Å². The second kappa shape index (κ2) is 7.07. The summed E-state index contributed by atoms with van der Waals surface area (Å²) < 4.78 is 2.37. The molecule has 1 fully saturated rings. The highest BCUT2D eigenvalue weighted by Gasteiger charge is 2.18. The summed E-state index contributed by atoms with van der Waals surface area (Å²) in [7, 11) is 0. The maximum absolute atomic E-state index is 4.33. The first-order valence-electron chi connectivity index (χ1n) is 6.61. The number of rotatable bonds is 6. The number of aryl methyl sites for hydroxylation is 1. The highest BCUT2D eigenvalue weighted by Crippen LogP contribution is 2.25. The van der Waals surface area contributed by atoms with Gasteiger partial charge in [-0.05, 0) is 50.8 Å². The van der Waals surface area contributed by atoms with Crippen LogP contribution in [0.1, 0.15) is 37.3 Å². The van der Waals surface area contributed by atoms with Crippen molar-refractivity contribution < 1.29 is 0 Å². The molecule has 1 saturated heterocycles. The summed E-state index contributed by atoms with van der Waals surface area (Å²) in [5, 5.41) is 3.42. The summed E-state index contributed by atoms with van der Waals surface area (Å²) in [6.45, 7) is 3.45. The van der Waals surface area contributed by atoms with E-state index in [1.54, 1.807) is 0 Å². The number of imidazole rings is 1. The molecule has 1 aliphatic heterocycles. The zero-order valence-corrected chi connectivity index (χ0v) is 11.5. The maximum Gasteiger partial charge on any atom is 0.0948 e. The van der Waals surface area contributed by atoms with Crippen LogP contribution in [0.15, 0.2) is 12.5 Å². The van der Waals surface area contributed by atoms with Crippen molar-refractivity contribution in [1.82, 2.24) is 14.9 Å². The molecule has 1 aromatic rings. The van der Waals surface area contributed by atoms with Gasteiger partial charge in [-0.1, -0.05) is 0 Å². The Morgan fingerprint density at radius 1 is 1.41 bits per heavy atom. The largest absolute Gasteiger partial charge is 0.334 e. The SMILES string of the molecule is CSCCCCn1cncc1C1CCNCC1. The third kappa shape index (κ3) is 3.75. The topological polar surface area (TPSA) is 29.9 Å². The predicted molar refractivity (Wildman–Crippen MR) is 74.7 cm³/mol. The second-order valence-electron chi connectivity index (χ2n) is 4.74. The van der Waals surface area contributed by atoms with E-state index in [1.807, 2.05) is 18.1 Å². The van der Waals surface area contributed by atoms with E-state index in [0.717, 1.165) is 25.6 Å². The normalized spacial score (nSPS) is 17.5. The molecule has 0 amide bonds. The van der Waals surface area contributed by atoms with E-state index in [0.29, 0.717) is 0 Å². The van der Waals surface area contributed by atoms with Gasteiger partial charge in [0.1, 0.15) is 0 Å². The van der Waals surface area contributed by atoms with Crippen LogP contribution in [0.2, 0.25) is 0 Å². The number of hydrogen-bond acceptors (Lipinski definition) is 3. The molecule has 17 heavy (non-hydrogen) atoms. The molecule has 0 radical (unpaired) electrons. The van der Waals surface area contributed by atoms with Crippen molar-refractivity contribution in [2.75, 3.05) is 25.1 Å². The molecule has 1 N–H and O–H groups in total. The van der Waals surface area contributed by atoms with Gasteiger partial charge in [0.2, 0.25) is 0 Å². The lowest BCUT2D eigenvalue weighted by atomic mass is 9.95. The van der Waals surface area contributed by atoms with Gasteiger partial charge < -0.3 is 9.88 Å². The van der Waals surface area contributed by atoms with Crippen LogP contribution in [0.25, 0.3) is 0 Å². The molecule has 0 saturated carbocycles. The molecule has 0 aromatic carbocycles. The van der Waals surface area contributed by atoms with Gasteiger partial charge in [0.05, 0.1) is 6.33 Å². The highest BCUT2D eigenvalue weighted by molar-refractivity contribution is 7.98. The second-order valence-corrected chi connectivity index (χ2v) is 5.72. The Hall–Kier alpha value is -0.480. The van der Waals surface area contributed by atoms with Crippen LogP contribution in [0.5, 0.6) is 0 Å². The van der Waals surface area contributed by atoms with Gasteiger partial charge in [0.15, 0.2) is 0 Å². The molecule has 0 spiro atoms. The van der Waals surface area contributed by atoms with Gasteiger partial charge in [-0.2, -0.15) is 11.8 Å². The Morgan fingerprint density at radius 3 is 3.00 bits per heavy atom. The standard InChI is InChI=1S/C13H23N3S/c1-17-9-3-2-8-16-11-15-10-13(16)12-4-6-14-7-5-12/h10-12,14H,2-9H2,1H3. The van der Waals surface area contributed by atoms with E-state index < -0.39 is 0 Å². The highest BCUT2D eigenvalue weighted by atomic mass is 32.2. The fourth-order valence-corrected chi connectivity index (χ4v) is 3.00. The minimum Gasteiger partial charge on any atom is -0.334 e. The van der Waals surface area contributed by atoms with Gasteiger partial charge in [0, 0.05) is 24.4 Å². The monoisotopic (exact) mass is 253 g/mol. The number of hydrogen-bond donors (Lipinski definition) is 1. The van der Waals surface area contributed by atoms with Crippen LogP contribution < -0.4 is 5.32 Å². The molecular formula is C13H23N3S. The fourth-order valence-electron chi connectivity index (χ4n) is 2.50. The van der Waals surface area contributed by atoms with Crippen molar-refractivity contribution >= 4 is 11.8 Å². The van der Waals surface area contributed by atoms with Gasteiger partial charge in [0.25, 0.3) is 0 Å². The van der Waals surface area contributed by atoms with E-state index in [-0.39, 0.29) is 0 Å². The molecule has 96 valence electrons. The Morgan fingerprint density at radius 2 is 2.24 bits per heavy atom. The minimum absolute atomic E-state index is 0.722. The lowest BCUT2D eigenvalue weighted by Gasteiger charge is -2.23. The summed E-state index contributed by atoms with van der Waals surface area (Å²) >= 11 is 1.94. The van der Waals surface area contributed by atoms with E-state index in [2.05, 4.69) is 27.3 Å². The van der Waals surface area contributed by atoms with Gasteiger partial charge >= 0.3 is 0 Å². The Balaban J connectivity index is 1.87. The van der Waals surface area contributed by atoms with Crippen molar-refractivity contribution in [3.05, 3.63) is 18.2 Å². The molecule has 2 rings (SSSR count). The number of aromatic nitrogens is 2. The van der Waals surface area contributed by atoms with Crippen molar-refractivity contribution in [1.29, 1.82) is 0 Å². The molecule has 0 aliphatic carbocycles. The van der Waals surface area contributed by atoms with Gasteiger partial charge in [-0.25, -0.2) is 4.98 Å². The van der Waals surface area contributed by atoms with Crippen LogP contribution >= 0.6 is 11.8 Å². The molecule has 0 unspecified atom stereocenters. The molecule has 1 aliphatic rings. The Bertz CT molecular complexity index is 318. The summed E-state index contributed by atoms with van der Waals surface area (Å²) in [4.78, 5) is 4.33. The zero-order chi connectivity index (χ0) is 11.9. The molecule has 1 aromatic heterocycles. The first-order valence-corrected chi connectivity index (χ1v) is 8.01. The predicted octanol–water partition coefficient (Wildman–Crippen LogP) is 2.49. The molecule has 0 atom stereocenters.